The van der Waals surface area contributed by atoms with Gasteiger partial charge in [-0.25, -0.2) is 4.79 Å². The number of rotatable bonds is 5. The summed E-state index contributed by atoms with van der Waals surface area (Å²) in [4.78, 5) is 15.4. The Labute approximate surface area is 112 Å². The first kappa shape index (κ1) is 13.9. The highest BCUT2D eigenvalue weighted by atomic mass is 16.5. The zero-order valence-corrected chi connectivity index (χ0v) is 10.9. The van der Waals surface area contributed by atoms with Gasteiger partial charge in [0, 0.05) is 19.3 Å². The Morgan fingerprint density at radius 1 is 1.58 bits per heavy atom. The van der Waals surface area contributed by atoms with E-state index in [-0.39, 0.29) is 12.1 Å². The van der Waals surface area contributed by atoms with Crippen LogP contribution in [-0.2, 0) is 20.8 Å². The molecule has 1 saturated heterocycles. The van der Waals surface area contributed by atoms with Crippen molar-refractivity contribution in [3.8, 4) is 0 Å². The number of hydrogen-bond acceptors (Lipinski definition) is 6. The average Bonchev–Trinajstić information content (AvgIpc) is 2.48. The van der Waals surface area contributed by atoms with Gasteiger partial charge < -0.3 is 19.5 Å². The standard InChI is InChI=1S/C13H18N2O4/c1-17-13(16)10-2-3-11(15-6-10)8-18-9-12-7-14-4-5-19-12/h2-3,6,12,14H,4-5,7-9H2,1H3. The predicted molar refractivity (Wildman–Crippen MR) is 67.8 cm³/mol. The smallest absolute Gasteiger partial charge is 0.339 e. The number of esters is 1. The molecule has 1 aromatic rings. The second-order valence-corrected chi connectivity index (χ2v) is 4.24. The fourth-order valence-corrected chi connectivity index (χ4v) is 1.77. The SMILES string of the molecule is COC(=O)c1ccc(COCC2CNCCO2)nc1. The van der Waals surface area contributed by atoms with E-state index in [0.29, 0.717) is 18.8 Å². The van der Waals surface area contributed by atoms with E-state index in [4.69, 9.17) is 9.47 Å². The largest absolute Gasteiger partial charge is 0.465 e. The zero-order chi connectivity index (χ0) is 13.5. The normalized spacial score (nSPS) is 19.1. The number of hydrogen-bond donors (Lipinski definition) is 1. The molecule has 104 valence electrons. The molecule has 0 aliphatic carbocycles. The third-order valence-electron chi connectivity index (χ3n) is 2.80. The van der Waals surface area contributed by atoms with Crippen molar-refractivity contribution < 1.29 is 19.0 Å². The summed E-state index contributed by atoms with van der Waals surface area (Å²) in [6.45, 7) is 3.37. The second kappa shape index (κ2) is 7.18. The maximum absolute atomic E-state index is 11.2. The highest BCUT2D eigenvalue weighted by Crippen LogP contribution is 2.04. The number of carbonyl (C=O) groups is 1. The Hall–Kier alpha value is -1.50. The molecule has 6 nitrogen and oxygen atoms in total. The Bertz CT molecular complexity index is 402. The molecule has 0 aromatic carbocycles. The number of carbonyl (C=O) groups excluding carboxylic acids is 1. The molecule has 6 heteroatoms. The van der Waals surface area contributed by atoms with Gasteiger partial charge in [0.25, 0.3) is 0 Å². The summed E-state index contributed by atoms with van der Waals surface area (Å²) in [5, 5.41) is 3.24. The van der Waals surface area contributed by atoms with Crippen LogP contribution in [0.3, 0.4) is 0 Å². The van der Waals surface area contributed by atoms with Gasteiger partial charge in [0.1, 0.15) is 0 Å². The van der Waals surface area contributed by atoms with Gasteiger partial charge >= 0.3 is 5.97 Å². The van der Waals surface area contributed by atoms with E-state index in [0.717, 1.165) is 25.4 Å². The predicted octanol–water partition coefficient (Wildman–Crippen LogP) is 0.373. The highest BCUT2D eigenvalue weighted by molar-refractivity contribution is 5.88. The molecule has 2 rings (SSSR count). The molecule has 1 aliphatic rings. The van der Waals surface area contributed by atoms with E-state index in [1.807, 2.05) is 0 Å². The molecule has 1 fully saturated rings. The van der Waals surface area contributed by atoms with Gasteiger partial charge in [0.05, 0.1) is 44.3 Å². The van der Waals surface area contributed by atoms with Gasteiger partial charge in [-0.1, -0.05) is 0 Å². The Balaban J connectivity index is 1.75. The zero-order valence-electron chi connectivity index (χ0n) is 10.9. The molecule has 0 spiro atoms. The lowest BCUT2D eigenvalue weighted by atomic mass is 10.2. The van der Waals surface area contributed by atoms with Crippen LogP contribution in [-0.4, -0.2) is 50.5 Å². The molecule has 1 aliphatic heterocycles. The summed E-state index contributed by atoms with van der Waals surface area (Å²) in [6, 6.07) is 3.43. The van der Waals surface area contributed by atoms with Crippen LogP contribution >= 0.6 is 0 Å². The maximum atomic E-state index is 11.2. The molecule has 19 heavy (non-hydrogen) atoms. The summed E-state index contributed by atoms with van der Waals surface area (Å²) in [7, 11) is 1.34. The summed E-state index contributed by atoms with van der Waals surface area (Å²) in [6.07, 6.45) is 1.59. The number of pyridine rings is 1. The van der Waals surface area contributed by atoms with Gasteiger partial charge in [-0.05, 0) is 12.1 Å². The maximum Gasteiger partial charge on any atom is 0.339 e. The molecule has 1 atom stereocenters. The third-order valence-corrected chi connectivity index (χ3v) is 2.80. The van der Waals surface area contributed by atoms with Crippen molar-refractivity contribution in [2.45, 2.75) is 12.7 Å². The number of morpholine rings is 1. The van der Waals surface area contributed by atoms with Gasteiger partial charge in [0.2, 0.25) is 0 Å². The van der Waals surface area contributed by atoms with Gasteiger partial charge in [-0.2, -0.15) is 0 Å². The minimum Gasteiger partial charge on any atom is -0.465 e. The van der Waals surface area contributed by atoms with Crippen molar-refractivity contribution in [3.05, 3.63) is 29.6 Å². The molecule has 0 amide bonds. The van der Waals surface area contributed by atoms with Crippen molar-refractivity contribution >= 4 is 5.97 Å². The van der Waals surface area contributed by atoms with E-state index in [1.165, 1.54) is 13.3 Å². The molecule has 1 N–H and O–H groups in total. The lowest BCUT2D eigenvalue weighted by molar-refractivity contribution is -0.0363. The molecule has 1 aromatic heterocycles. The van der Waals surface area contributed by atoms with Crippen LogP contribution in [0.25, 0.3) is 0 Å². The van der Waals surface area contributed by atoms with E-state index in [1.54, 1.807) is 12.1 Å². The van der Waals surface area contributed by atoms with Gasteiger partial charge in [-0.3, -0.25) is 4.98 Å². The van der Waals surface area contributed by atoms with Crippen molar-refractivity contribution in [2.75, 3.05) is 33.4 Å². The van der Waals surface area contributed by atoms with E-state index in [9.17, 15) is 4.79 Å². The van der Waals surface area contributed by atoms with Crippen molar-refractivity contribution in [3.63, 3.8) is 0 Å². The number of ether oxygens (including phenoxy) is 3. The topological polar surface area (TPSA) is 69.7 Å². The molecule has 0 saturated carbocycles. The number of methoxy groups -OCH3 is 1. The summed E-state index contributed by atoms with van der Waals surface area (Å²) in [5.74, 6) is -0.387. The van der Waals surface area contributed by atoms with Crippen molar-refractivity contribution in [1.82, 2.24) is 10.3 Å². The van der Waals surface area contributed by atoms with Crippen molar-refractivity contribution in [1.29, 1.82) is 0 Å². The van der Waals surface area contributed by atoms with Crippen LogP contribution in [0, 0.1) is 0 Å². The van der Waals surface area contributed by atoms with Crippen LogP contribution in [0.15, 0.2) is 18.3 Å². The Kier molecular flexibility index (Phi) is 5.26. The molecule has 0 bridgehead atoms. The van der Waals surface area contributed by atoms with E-state index in [2.05, 4.69) is 15.0 Å². The average molecular weight is 266 g/mol. The molecular formula is C13H18N2O4. The van der Waals surface area contributed by atoms with Crippen LogP contribution in [0.1, 0.15) is 16.1 Å². The van der Waals surface area contributed by atoms with Crippen molar-refractivity contribution in [2.24, 2.45) is 0 Å². The number of aromatic nitrogens is 1. The van der Waals surface area contributed by atoms with E-state index >= 15 is 0 Å². The first-order chi connectivity index (χ1) is 9.29. The lowest BCUT2D eigenvalue weighted by Gasteiger charge is -2.23. The molecule has 0 radical (unpaired) electrons. The third kappa shape index (κ3) is 4.27. The van der Waals surface area contributed by atoms with Crippen LogP contribution in [0.4, 0.5) is 0 Å². The molecule has 1 unspecified atom stereocenters. The summed E-state index contributed by atoms with van der Waals surface area (Å²) in [5.41, 5.74) is 1.21. The number of nitrogens with one attached hydrogen (secondary N) is 1. The van der Waals surface area contributed by atoms with Crippen LogP contribution in [0.5, 0.6) is 0 Å². The first-order valence-corrected chi connectivity index (χ1v) is 6.23. The fraction of sp³-hybridized carbons (Fsp3) is 0.538. The second-order valence-electron chi connectivity index (χ2n) is 4.24. The minimum atomic E-state index is -0.387. The quantitative estimate of drug-likeness (QED) is 0.777. The lowest BCUT2D eigenvalue weighted by Crippen LogP contribution is -2.40. The van der Waals surface area contributed by atoms with Crippen LogP contribution in [0.2, 0.25) is 0 Å². The summed E-state index contributed by atoms with van der Waals surface area (Å²) < 4.78 is 15.7. The van der Waals surface area contributed by atoms with Crippen LogP contribution < -0.4 is 5.32 Å². The first-order valence-electron chi connectivity index (χ1n) is 6.23. The monoisotopic (exact) mass is 266 g/mol. The Morgan fingerprint density at radius 2 is 2.47 bits per heavy atom. The summed E-state index contributed by atoms with van der Waals surface area (Å²) >= 11 is 0. The Morgan fingerprint density at radius 3 is 3.11 bits per heavy atom. The van der Waals surface area contributed by atoms with Gasteiger partial charge in [0.15, 0.2) is 0 Å². The molecule has 2 heterocycles. The fourth-order valence-electron chi connectivity index (χ4n) is 1.77. The number of nitrogens with zero attached hydrogens (tertiary/aromatic N) is 1. The minimum absolute atomic E-state index is 0.100. The van der Waals surface area contributed by atoms with Gasteiger partial charge in [-0.15, -0.1) is 0 Å². The molecular weight excluding hydrogens is 248 g/mol. The van der Waals surface area contributed by atoms with E-state index < -0.39 is 0 Å². The highest BCUT2D eigenvalue weighted by Gasteiger charge is 2.13.